The van der Waals surface area contributed by atoms with Crippen LogP contribution in [0.1, 0.15) is 0 Å². The van der Waals surface area contributed by atoms with Crippen LogP contribution in [0.2, 0.25) is 0 Å². The third-order valence-electron chi connectivity index (χ3n) is 4.08. The summed E-state index contributed by atoms with van der Waals surface area (Å²) in [6.45, 7) is 0. The fourth-order valence-corrected chi connectivity index (χ4v) is 3.03. The number of hydrogen-bond donors (Lipinski definition) is 1. The molecule has 1 saturated heterocycles. The van der Waals surface area contributed by atoms with E-state index < -0.39 is 0 Å². The molecular formula is C18H16BNO. The zero-order valence-corrected chi connectivity index (χ0v) is 11.6. The van der Waals surface area contributed by atoms with Gasteiger partial charge in [-0.05, 0) is 56.8 Å². The Labute approximate surface area is 128 Å². The zero-order valence-electron chi connectivity index (χ0n) is 11.6. The van der Waals surface area contributed by atoms with Gasteiger partial charge < -0.3 is 9.88 Å². The first kappa shape index (κ1) is 13.8. The minimum absolute atomic E-state index is 0.0487. The topological polar surface area (TPSA) is 21.3 Å². The van der Waals surface area contributed by atoms with E-state index in [4.69, 9.17) is 4.65 Å². The molecule has 0 unspecified atom stereocenters. The lowest BCUT2D eigenvalue weighted by atomic mass is 9.74. The molecule has 2 atom stereocenters. The lowest BCUT2D eigenvalue weighted by Gasteiger charge is -2.27. The Morgan fingerprint density at radius 2 is 1.43 bits per heavy atom. The van der Waals surface area contributed by atoms with Crippen LogP contribution in [-0.2, 0) is 4.65 Å². The number of hydrogen-bond acceptors (Lipinski definition) is 2. The molecule has 21 heavy (non-hydrogen) atoms. The Morgan fingerprint density at radius 3 is 2.10 bits per heavy atom. The van der Waals surface area contributed by atoms with E-state index in [2.05, 4.69) is 68.7 Å². The number of nitrogens with one attached hydrogen (secondary N) is 1. The van der Waals surface area contributed by atoms with E-state index >= 15 is 0 Å². The molecule has 0 amide bonds. The van der Waals surface area contributed by atoms with Gasteiger partial charge in [-0.3, -0.25) is 0 Å². The van der Waals surface area contributed by atoms with Gasteiger partial charge in [-0.2, -0.15) is 0 Å². The van der Waals surface area contributed by atoms with Crippen molar-refractivity contribution in [2.75, 3.05) is 0 Å². The van der Waals surface area contributed by atoms with Gasteiger partial charge in [-0.25, -0.2) is 0 Å². The van der Waals surface area contributed by atoms with Gasteiger partial charge in [0.15, 0.2) is 0 Å². The predicted molar refractivity (Wildman–Crippen MR) is 84.5 cm³/mol. The summed E-state index contributed by atoms with van der Waals surface area (Å²) in [6, 6.07) is 10.5. The second-order valence-electron chi connectivity index (χ2n) is 5.43. The van der Waals surface area contributed by atoms with Crippen molar-refractivity contribution in [2.24, 2.45) is 0 Å². The first-order chi connectivity index (χ1) is 10.4. The maximum Gasteiger partial charge on any atom is 0.416 e. The molecule has 1 N–H and O–H groups in total. The maximum absolute atomic E-state index is 6.32. The fourth-order valence-electron chi connectivity index (χ4n) is 3.03. The highest BCUT2D eigenvalue weighted by molar-refractivity contribution is 6.65. The standard InChI is InChI=1S/C18H16BNO/c1-2-12-16(13-3-1)19-20-17(14-8-4-5-9-14)18(21-19)15-10-6-7-11-15/h1-13,17-18,20H/t17-,18+/m1/s1. The van der Waals surface area contributed by atoms with Crippen LogP contribution in [0.5, 0.6) is 0 Å². The molecule has 2 nitrogen and oxygen atoms in total. The van der Waals surface area contributed by atoms with E-state index in [1.807, 2.05) is 18.2 Å². The molecule has 1 heterocycles. The molecular weight excluding hydrogens is 257 g/mol. The molecule has 0 bridgehead atoms. The van der Waals surface area contributed by atoms with Crippen molar-refractivity contribution < 1.29 is 4.65 Å². The third-order valence-corrected chi connectivity index (χ3v) is 4.08. The molecule has 4 rings (SSSR count). The van der Waals surface area contributed by atoms with Crippen molar-refractivity contribution in [1.82, 2.24) is 5.23 Å². The van der Waals surface area contributed by atoms with Gasteiger partial charge in [0.05, 0.1) is 6.10 Å². The van der Waals surface area contributed by atoms with Crippen molar-refractivity contribution in [1.29, 1.82) is 0 Å². The van der Waals surface area contributed by atoms with Gasteiger partial charge in [0.1, 0.15) is 0 Å². The molecule has 102 valence electrons. The summed E-state index contributed by atoms with van der Waals surface area (Å²) in [6.07, 6.45) is 16.9. The van der Waals surface area contributed by atoms with E-state index in [-0.39, 0.29) is 19.2 Å². The summed E-state index contributed by atoms with van der Waals surface area (Å²) in [5.74, 6) is 2.51. The molecule has 1 aliphatic heterocycles. The highest BCUT2D eigenvalue weighted by atomic mass is 16.5. The molecule has 1 aromatic carbocycles. The summed E-state index contributed by atoms with van der Waals surface area (Å²) >= 11 is 0. The highest BCUT2D eigenvalue weighted by Crippen LogP contribution is 2.38. The van der Waals surface area contributed by atoms with Gasteiger partial charge in [-0.15, -0.1) is 0 Å². The first-order valence-corrected chi connectivity index (χ1v) is 7.31. The quantitative estimate of drug-likeness (QED) is 0.844. The second-order valence-corrected chi connectivity index (χ2v) is 5.43. The van der Waals surface area contributed by atoms with E-state index in [1.165, 1.54) is 17.3 Å². The van der Waals surface area contributed by atoms with Crippen LogP contribution in [0.15, 0.2) is 30.3 Å². The molecule has 2 saturated carbocycles. The summed E-state index contributed by atoms with van der Waals surface area (Å²) in [5, 5.41) is 3.63. The first-order valence-electron chi connectivity index (χ1n) is 7.31. The van der Waals surface area contributed by atoms with Crippen molar-refractivity contribution in [3.8, 4) is 0 Å². The predicted octanol–water partition coefficient (Wildman–Crippen LogP) is 1.55. The largest absolute Gasteiger partial charge is 0.416 e. The van der Waals surface area contributed by atoms with Crippen LogP contribution >= 0.6 is 0 Å². The minimum Gasteiger partial charge on any atom is -0.413 e. The van der Waals surface area contributed by atoms with Crippen LogP contribution in [-0.4, -0.2) is 19.2 Å². The van der Waals surface area contributed by atoms with Crippen molar-refractivity contribution in [3.05, 3.63) is 93.5 Å². The van der Waals surface area contributed by atoms with Crippen molar-refractivity contribution >= 4 is 12.5 Å². The third kappa shape index (κ3) is 2.78. The molecule has 0 spiro atoms. The molecule has 3 heteroatoms. The Morgan fingerprint density at radius 1 is 0.810 bits per heavy atom. The molecule has 10 radical (unpaired) electrons. The van der Waals surface area contributed by atoms with Crippen LogP contribution in [0.3, 0.4) is 0 Å². The van der Waals surface area contributed by atoms with E-state index in [1.54, 1.807) is 0 Å². The monoisotopic (exact) mass is 273 g/mol. The maximum atomic E-state index is 6.32. The smallest absolute Gasteiger partial charge is 0.413 e. The van der Waals surface area contributed by atoms with Gasteiger partial charge in [0, 0.05) is 17.9 Å². The Hall–Kier alpha value is -0.795. The lowest BCUT2D eigenvalue weighted by molar-refractivity contribution is 0.241. The Kier molecular flexibility index (Phi) is 4.04. The highest BCUT2D eigenvalue weighted by Gasteiger charge is 2.47. The average molecular weight is 273 g/mol. The minimum atomic E-state index is -0.0639. The Bertz CT molecular complexity index is 430. The van der Waals surface area contributed by atoms with Crippen molar-refractivity contribution in [3.63, 3.8) is 0 Å². The average Bonchev–Trinajstić information content (AvgIpc) is 3.27. The fraction of sp³-hybridized carbons (Fsp3) is 0.111. The molecule has 2 aliphatic carbocycles. The van der Waals surface area contributed by atoms with Crippen LogP contribution in [0.25, 0.3) is 0 Å². The molecule has 1 aromatic rings. The molecule has 0 aromatic heterocycles. The van der Waals surface area contributed by atoms with Gasteiger partial charge in [0.25, 0.3) is 0 Å². The van der Waals surface area contributed by atoms with E-state index in [9.17, 15) is 0 Å². The number of benzene rings is 1. The van der Waals surface area contributed by atoms with Crippen LogP contribution in [0.4, 0.5) is 0 Å². The molecule has 3 fully saturated rings. The Balaban J connectivity index is 1.54. The zero-order chi connectivity index (χ0) is 14.1. The van der Waals surface area contributed by atoms with Gasteiger partial charge in [0.2, 0.25) is 0 Å². The van der Waals surface area contributed by atoms with Crippen LogP contribution in [0, 0.1) is 63.2 Å². The number of rotatable bonds is 3. The summed E-state index contributed by atoms with van der Waals surface area (Å²) in [5.41, 5.74) is 1.17. The summed E-state index contributed by atoms with van der Waals surface area (Å²) in [7, 11) is -0.0639. The van der Waals surface area contributed by atoms with Crippen LogP contribution < -0.4 is 10.7 Å². The van der Waals surface area contributed by atoms with Gasteiger partial charge >= 0.3 is 7.05 Å². The second kappa shape index (κ2) is 6.14. The lowest BCUT2D eigenvalue weighted by Crippen LogP contribution is -2.46. The van der Waals surface area contributed by atoms with E-state index in [0.29, 0.717) is 0 Å². The molecule has 3 aliphatic rings. The normalized spacial score (nSPS) is 31.3. The van der Waals surface area contributed by atoms with Gasteiger partial charge in [-0.1, -0.05) is 30.3 Å². The summed E-state index contributed by atoms with van der Waals surface area (Å²) in [4.78, 5) is 0. The van der Waals surface area contributed by atoms with Crippen molar-refractivity contribution in [2.45, 2.75) is 12.1 Å². The van der Waals surface area contributed by atoms with E-state index in [0.717, 1.165) is 0 Å². The SMILES string of the molecule is [CH]1[CH][CH][C]([C@H]2NB(c3ccccc3)O[C@H]2[C]2[CH][CH][CH][CH]2)[CH]1. The summed E-state index contributed by atoms with van der Waals surface area (Å²) < 4.78 is 6.32.